The highest BCUT2D eigenvalue weighted by Gasteiger charge is 2.35. The van der Waals surface area contributed by atoms with Crippen LogP contribution < -0.4 is 4.90 Å². The molecule has 0 bridgehead atoms. The summed E-state index contributed by atoms with van der Waals surface area (Å²) in [5.41, 5.74) is -0.337. The number of nitrogens with zero attached hydrogens (tertiary/aromatic N) is 5. The first-order valence-electron chi connectivity index (χ1n) is 6.72. The summed E-state index contributed by atoms with van der Waals surface area (Å²) in [6.45, 7) is 0.538. The number of aryl methyl sites for hydroxylation is 1. The van der Waals surface area contributed by atoms with Gasteiger partial charge >= 0.3 is 6.18 Å². The number of carbonyl (C=O) groups is 1. The van der Waals surface area contributed by atoms with Crippen LogP contribution in [0.2, 0.25) is 0 Å². The maximum atomic E-state index is 12.4. The molecule has 1 fully saturated rings. The molecule has 1 amide bonds. The molecule has 2 aromatic rings. The number of hydrogen-bond donors (Lipinski definition) is 0. The van der Waals surface area contributed by atoms with Crippen LogP contribution in [-0.2, 0) is 18.0 Å². The zero-order chi connectivity index (χ0) is 16.6. The summed E-state index contributed by atoms with van der Waals surface area (Å²) in [4.78, 5) is 14.0. The van der Waals surface area contributed by atoms with Crippen molar-refractivity contribution in [3.63, 3.8) is 0 Å². The van der Waals surface area contributed by atoms with Gasteiger partial charge in [0, 0.05) is 19.8 Å². The molecule has 1 atom stereocenters. The highest BCUT2D eigenvalue weighted by Crippen LogP contribution is 2.33. The molecule has 6 nitrogen and oxygen atoms in total. The lowest BCUT2D eigenvalue weighted by molar-refractivity contribution is -0.141. The lowest BCUT2D eigenvalue weighted by atomic mass is 10.4. The molecule has 1 aliphatic heterocycles. The largest absolute Gasteiger partial charge is 0.435 e. The van der Waals surface area contributed by atoms with Gasteiger partial charge in [-0.05, 0) is 18.6 Å². The van der Waals surface area contributed by atoms with Crippen LogP contribution in [0.15, 0.2) is 29.6 Å². The third-order valence-electron chi connectivity index (χ3n) is 3.35. The van der Waals surface area contributed by atoms with E-state index in [0.29, 0.717) is 23.7 Å². The maximum Gasteiger partial charge on any atom is 0.435 e. The first kappa shape index (κ1) is 15.8. The number of rotatable bonds is 3. The quantitative estimate of drug-likeness (QED) is 0.854. The number of aromatic nitrogens is 4. The van der Waals surface area contributed by atoms with Gasteiger partial charge in [0.05, 0.1) is 17.1 Å². The topological polar surface area (TPSA) is 63.9 Å². The van der Waals surface area contributed by atoms with Crippen molar-refractivity contribution in [2.75, 3.05) is 11.4 Å². The van der Waals surface area contributed by atoms with Gasteiger partial charge in [-0.15, -0.1) is 10.2 Å². The molecule has 23 heavy (non-hydrogen) atoms. The van der Waals surface area contributed by atoms with Crippen LogP contribution in [0.25, 0.3) is 0 Å². The van der Waals surface area contributed by atoms with Crippen LogP contribution >= 0.6 is 11.8 Å². The first-order valence-corrected chi connectivity index (χ1v) is 7.60. The Morgan fingerprint density at radius 2 is 2.09 bits per heavy atom. The third kappa shape index (κ3) is 3.31. The van der Waals surface area contributed by atoms with E-state index in [4.69, 9.17) is 0 Å². The van der Waals surface area contributed by atoms with E-state index in [1.807, 2.05) is 0 Å². The van der Waals surface area contributed by atoms with Crippen molar-refractivity contribution in [3.05, 3.63) is 30.2 Å². The average molecular weight is 343 g/mol. The molecule has 3 rings (SSSR count). The van der Waals surface area contributed by atoms with Crippen molar-refractivity contribution in [2.24, 2.45) is 7.05 Å². The zero-order valence-electron chi connectivity index (χ0n) is 12.0. The third-order valence-corrected chi connectivity index (χ3v) is 4.53. The van der Waals surface area contributed by atoms with Gasteiger partial charge in [0.15, 0.2) is 5.69 Å². The number of anilines is 1. The van der Waals surface area contributed by atoms with Crippen LogP contribution in [0.4, 0.5) is 18.9 Å². The highest BCUT2D eigenvalue weighted by molar-refractivity contribution is 8.00. The molecule has 0 aromatic carbocycles. The number of carbonyl (C=O) groups excluding carboxylic acids is 1. The molecule has 0 N–H and O–H groups in total. The van der Waals surface area contributed by atoms with E-state index in [2.05, 4.69) is 15.3 Å². The second kappa shape index (κ2) is 5.84. The summed E-state index contributed by atoms with van der Waals surface area (Å²) in [7, 11) is 1.76. The van der Waals surface area contributed by atoms with Gasteiger partial charge < -0.3 is 4.90 Å². The molecule has 0 spiro atoms. The number of amides is 1. The van der Waals surface area contributed by atoms with Gasteiger partial charge in [0.2, 0.25) is 5.91 Å². The molecule has 3 heterocycles. The van der Waals surface area contributed by atoms with Crippen LogP contribution in [0.1, 0.15) is 12.1 Å². The first-order chi connectivity index (χ1) is 10.8. The zero-order valence-corrected chi connectivity index (χ0v) is 12.8. The van der Waals surface area contributed by atoms with Gasteiger partial charge in [-0.1, -0.05) is 11.8 Å². The molecule has 0 radical (unpaired) electrons. The van der Waals surface area contributed by atoms with Gasteiger partial charge in [-0.25, -0.2) is 0 Å². The minimum atomic E-state index is -4.52. The van der Waals surface area contributed by atoms with Crippen molar-refractivity contribution in [2.45, 2.75) is 22.9 Å². The molecular weight excluding hydrogens is 331 g/mol. The summed E-state index contributed by atoms with van der Waals surface area (Å²) in [5, 5.41) is 10.6. The summed E-state index contributed by atoms with van der Waals surface area (Å²) >= 11 is 1.12. The predicted octanol–water partition coefficient (Wildman–Crippen LogP) is 2.13. The molecule has 1 aliphatic rings. The molecule has 122 valence electrons. The Bertz CT molecular complexity index is 715. The summed E-state index contributed by atoms with van der Waals surface area (Å²) in [6, 6.07) is 2.11. The van der Waals surface area contributed by atoms with Crippen molar-refractivity contribution >= 4 is 23.4 Å². The van der Waals surface area contributed by atoms with Crippen molar-refractivity contribution in [1.29, 1.82) is 0 Å². The van der Waals surface area contributed by atoms with Gasteiger partial charge in [-0.2, -0.15) is 18.3 Å². The summed E-state index contributed by atoms with van der Waals surface area (Å²) in [5.74, 6) is -0.107. The lowest BCUT2D eigenvalue weighted by Crippen LogP contribution is -2.27. The molecule has 0 unspecified atom stereocenters. The molecular formula is C13H12F3N5OS. The Labute approximate surface area is 133 Å². The van der Waals surface area contributed by atoms with Crippen molar-refractivity contribution < 1.29 is 18.0 Å². The number of thioether (sulfide) groups is 1. The SMILES string of the molecule is Cn1cc(N2CC[C@H](Sc3ccc(C(F)(F)F)nn3)C2=O)cn1. The molecule has 1 saturated heterocycles. The number of hydrogen-bond acceptors (Lipinski definition) is 5. The van der Waals surface area contributed by atoms with Crippen LogP contribution in [0, 0.1) is 0 Å². The van der Waals surface area contributed by atoms with E-state index in [1.165, 1.54) is 6.07 Å². The van der Waals surface area contributed by atoms with Crippen molar-refractivity contribution in [1.82, 2.24) is 20.0 Å². The van der Waals surface area contributed by atoms with E-state index in [9.17, 15) is 18.0 Å². The smallest absolute Gasteiger partial charge is 0.308 e. The number of halogens is 3. The molecule has 0 saturated carbocycles. The molecule has 0 aliphatic carbocycles. The normalized spacial score (nSPS) is 18.7. The Morgan fingerprint density at radius 3 is 2.65 bits per heavy atom. The highest BCUT2D eigenvalue weighted by atomic mass is 32.2. The fourth-order valence-electron chi connectivity index (χ4n) is 2.25. The summed E-state index contributed by atoms with van der Waals surface area (Å²) < 4.78 is 38.9. The maximum absolute atomic E-state index is 12.4. The van der Waals surface area contributed by atoms with E-state index in [-0.39, 0.29) is 11.2 Å². The van der Waals surface area contributed by atoms with E-state index in [0.717, 1.165) is 17.8 Å². The van der Waals surface area contributed by atoms with Gasteiger partial charge in [0.25, 0.3) is 0 Å². The molecule has 10 heteroatoms. The second-order valence-corrected chi connectivity index (χ2v) is 6.23. The minimum Gasteiger partial charge on any atom is -0.308 e. The van der Waals surface area contributed by atoms with Gasteiger partial charge in [0.1, 0.15) is 5.03 Å². The van der Waals surface area contributed by atoms with E-state index in [1.54, 1.807) is 29.0 Å². The van der Waals surface area contributed by atoms with Crippen LogP contribution in [0.5, 0.6) is 0 Å². The second-order valence-electron chi connectivity index (χ2n) is 5.01. The monoisotopic (exact) mass is 343 g/mol. The Hall–Kier alpha value is -2.10. The van der Waals surface area contributed by atoms with Crippen molar-refractivity contribution in [3.8, 4) is 0 Å². The van der Waals surface area contributed by atoms with Crippen LogP contribution in [-0.4, -0.2) is 37.7 Å². The fourth-order valence-corrected chi connectivity index (χ4v) is 3.22. The van der Waals surface area contributed by atoms with E-state index < -0.39 is 11.9 Å². The lowest BCUT2D eigenvalue weighted by Gasteiger charge is -2.13. The predicted molar refractivity (Wildman–Crippen MR) is 76.9 cm³/mol. The molecule has 2 aromatic heterocycles. The fraction of sp³-hybridized carbons (Fsp3) is 0.385. The summed E-state index contributed by atoms with van der Waals surface area (Å²) in [6.07, 6.45) is -0.594. The Balaban J connectivity index is 1.68. The van der Waals surface area contributed by atoms with E-state index >= 15 is 0 Å². The minimum absolute atomic E-state index is 0.107. The van der Waals surface area contributed by atoms with Crippen LogP contribution in [0.3, 0.4) is 0 Å². The van der Waals surface area contributed by atoms with Gasteiger partial charge in [-0.3, -0.25) is 9.48 Å². The Kier molecular flexibility index (Phi) is 4.00. The number of alkyl halides is 3. The standard InChI is InChI=1S/C13H12F3N5OS/c1-20-7-8(6-17-20)21-5-4-9(12(21)22)23-11-3-2-10(18-19-11)13(14,15)16/h2-3,6-7,9H,4-5H2,1H3/t9-/m0/s1. The Morgan fingerprint density at radius 1 is 1.30 bits per heavy atom. The average Bonchev–Trinajstić information content (AvgIpc) is 3.06.